The van der Waals surface area contributed by atoms with E-state index < -0.39 is 0 Å². The zero-order valence-electron chi connectivity index (χ0n) is 13.5. The predicted octanol–water partition coefficient (Wildman–Crippen LogP) is 4.00. The van der Waals surface area contributed by atoms with Gasteiger partial charge in [0.15, 0.2) is 0 Å². The van der Waals surface area contributed by atoms with Crippen LogP contribution in [0.5, 0.6) is 0 Å². The summed E-state index contributed by atoms with van der Waals surface area (Å²) in [7, 11) is 1.36. The van der Waals surface area contributed by atoms with Crippen LogP contribution in [0.15, 0.2) is 0 Å². The van der Waals surface area contributed by atoms with Crippen molar-refractivity contribution < 1.29 is 14.3 Å². The van der Waals surface area contributed by atoms with Crippen LogP contribution in [0.3, 0.4) is 0 Å². The summed E-state index contributed by atoms with van der Waals surface area (Å²) in [6.07, 6.45) is 11.8. The number of hydrogen-bond acceptors (Lipinski definition) is 3. The van der Waals surface area contributed by atoms with E-state index in [4.69, 9.17) is 0 Å². The first-order chi connectivity index (χ1) is 10.1. The van der Waals surface area contributed by atoms with Gasteiger partial charge in [0.2, 0.25) is 5.91 Å². The number of hydrogen-bond donors (Lipinski definition) is 1. The van der Waals surface area contributed by atoms with Gasteiger partial charge in [-0.05, 0) is 6.42 Å². The molecule has 0 heterocycles. The fourth-order valence-electron chi connectivity index (χ4n) is 2.10. The lowest BCUT2D eigenvalue weighted by Crippen LogP contribution is -2.33. The predicted molar refractivity (Wildman–Crippen MR) is 94.7 cm³/mol. The Labute approximate surface area is 142 Å². The molecule has 0 aliphatic heterocycles. The number of carbonyl (C=O) groups is 2. The van der Waals surface area contributed by atoms with Gasteiger partial charge in [0.1, 0.15) is 3.92 Å². The summed E-state index contributed by atoms with van der Waals surface area (Å²) in [6.45, 7) is 2.58. The average molecular weight is 411 g/mol. The number of methoxy groups -OCH3 is 1. The van der Waals surface area contributed by atoms with Gasteiger partial charge >= 0.3 is 5.97 Å². The third-order valence-corrected chi connectivity index (χ3v) is 4.39. The molecule has 21 heavy (non-hydrogen) atoms. The summed E-state index contributed by atoms with van der Waals surface area (Å²) in [5.74, 6) is -0.262. The van der Waals surface area contributed by atoms with Crippen molar-refractivity contribution in [1.29, 1.82) is 0 Å². The lowest BCUT2D eigenvalue weighted by Gasteiger charge is -2.09. The molecule has 0 aromatic carbocycles. The van der Waals surface area contributed by atoms with Crippen molar-refractivity contribution in [3.63, 3.8) is 0 Å². The van der Waals surface area contributed by atoms with E-state index in [-0.39, 0.29) is 15.8 Å². The molecule has 0 aliphatic carbocycles. The number of ether oxygens (including phenoxy) is 1. The van der Waals surface area contributed by atoms with E-state index in [9.17, 15) is 9.59 Å². The Kier molecular flexibility index (Phi) is 14.4. The minimum absolute atomic E-state index is 0.0310. The number of alkyl halides is 1. The number of halogens is 1. The summed E-state index contributed by atoms with van der Waals surface area (Å²) in [4.78, 5) is 22.8. The van der Waals surface area contributed by atoms with Gasteiger partial charge in [-0.2, -0.15) is 0 Å². The number of amides is 1. The number of esters is 1. The standard InChI is InChI=1S/C16H30INO3/c1-3-4-5-6-7-8-9-10-11-12-15(19)18-13-14(17)16(20)21-2/h14H,3-13H2,1-2H3,(H,18,19). The molecule has 0 spiro atoms. The van der Waals surface area contributed by atoms with E-state index in [1.807, 2.05) is 22.6 Å². The van der Waals surface area contributed by atoms with E-state index in [1.54, 1.807) is 0 Å². The maximum Gasteiger partial charge on any atom is 0.320 e. The molecule has 0 rings (SSSR count). The molecule has 1 amide bonds. The second-order valence-electron chi connectivity index (χ2n) is 5.37. The minimum atomic E-state index is -0.306. The number of rotatable bonds is 13. The van der Waals surface area contributed by atoms with Crippen LogP contribution < -0.4 is 5.32 Å². The highest BCUT2D eigenvalue weighted by atomic mass is 127. The quantitative estimate of drug-likeness (QED) is 0.216. The Hall–Kier alpha value is -0.330. The van der Waals surface area contributed by atoms with Gasteiger partial charge in [0, 0.05) is 13.0 Å². The fraction of sp³-hybridized carbons (Fsp3) is 0.875. The van der Waals surface area contributed by atoms with Crippen molar-refractivity contribution in [2.24, 2.45) is 0 Å². The third-order valence-electron chi connectivity index (χ3n) is 3.44. The molecule has 0 fully saturated rings. The molecule has 1 unspecified atom stereocenters. The Morgan fingerprint density at radius 1 is 1.00 bits per heavy atom. The normalized spacial score (nSPS) is 12.0. The summed E-state index contributed by atoms with van der Waals surface area (Å²) in [5, 5.41) is 2.78. The van der Waals surface area contributed by atoms with Crippen molar-refractivity contribution in [1.82, 2.24) is 5.32 Å². The number of unbranched alkanes of at least 4 members (excludes halogenated alkanes) is 8. The monoisotopic (exact) mass is 411 g/mol. The van der Waals surface area contributed by atoms with E-state index in [0.29, 0.717) is 13.0 Å². The molecule has 0 aliphatic rings. The summed E-state index contributed by atoms with van der Waals surface area (Å²) >= 11 is 1.98. The Morgan fingerprint density at radius 3 is 2.05 bits per heavy atom. The van der Waals surface area contributed by atoms with Gasteiger partial charge in [-0.3, -0.25) is 9.59 Å². The highest BCUT2D eigenvalue weighted by molar-refractivity contribution is 14.1. The molecular weight excluding hydrogens is 381 g/mol. The van der Waals surface area contributed by atoms with Gasteiger partial charge in [-0.15, -0.1) is 0 Å². The van der Waals surface area contributed by atoms with Crippen LogP contribution in [-0.2, 0) is 14.3 Å². The Bertz CT molecular complexity index is 285. The highest BCUT2D eigenvalue weighted by Crippen LogP contribution is 2.10. The SMILES string of the molecule is CCCCCCCCCCCC(=O)NCC(I)C(=O)OC. The van der Waals surface area contributed by atoms with Crippen LogP contribution in [0.25, 0.3) is 0 Å². The Balaban J connectivity index is 3.36. The number of nitrogens with one attached hydrogen (secondary N) is 1. The van der Waals surface area contributed by atoms with Crippen molar-refractivity contribution >= 4 is 34.5 Å². The van der Waals surface area contributed by atoms with E-state index in [0.717, 1.165) is 12.8 Å². The Morgan fingerprint density at radius 2 is 1.52 bits per heavy atom. The molecular formula is C16H30INO3. The molecule has 0 saturated heterocycles. The summed E-state index contributed by atoms with van der Waals surface area (Å²) < 4.78 is 4.30. The zero-order valence-corrected chi connectivity index (χ0v) is 15.6. The van der Waals surface area contributed by atoms with Crippen molar-refractivity contribution in [3.8, 4) is 0 Å². The van der Waals surface area contributed by atoms with Crippen molar-refractivity contribution in [2.45, 2.75) is 75.1 Å². The first-order valence-electron chi connectivity index (χ1n) is 8.10. The van der Waals surface area contributed by atoms with E-state index in [1.165, 1.54) is 52.1 Å². The van der Waals surface area contributed by atoms with Gasteiger partial charge in [-0.25, -0.2) is 0 Å². The molecule has 0 bridgehead atoms. The minimum Gasteiger partial charge on any atom is -0.468 e. The maximum absolute atomic E-state index is 11.6. The van der Waals surface area contributed by atoms with Crippen molar-refractivity contribution in [2.75, 3.05) is 13.7 Å². The number of carbonyl (C=O) groups excluding carboxylic acids is 2. The lowest BCUT2D eigenvalue weighted by molar-refractivity contribution is -0.139. The van der Waals surface area contributed by atoms with Crippen LogP contribution >= 0.6 is 22.6 Å². The van der Waals surface area contributed by atoms with Crippen LogP contribution in [-0.4, -0.2) is 29.5 Å². The third kappa shape index (κ3) is 13.1. The molecule has 0 radical (unpaired) electrons. The van der Waals surface area contributed by atoms with Crippen LogP contribution in [0.2, 0.25) is 0 Å². The maximum atomic E-state index is 11.6. The molecule has 124 valence electrons. The molecule has 0 saturated carbocycles. The first-order valence-corrected chi connectivity index (χ1v) is 9.35. The largest absolute Gasteiger partial charge is 0.468 e. The molecule has 1 atom stereocenters. The molecule has 1 N–H and O–H groups in total. The molecule has 4 nitrogen and oxygen atoms in total. The summed E-state index contributed by atoms with van der Waals surface area (Å²) in [5.41, 5.74) is 0. The fourth-order valence-corrected chi connectivity index (χ4v) is 2.57. The van der Waals surface area contributed by atoms with Crippen LogP contribution in [0, 0.1) is 0 Å². The smallest absolute Gasteiger partial charge is 0.320 e. The molecule has 0 aromatic heterocycles. The van der Waals surface area contributed by atoms with Crippen LogP contribution in [0.4, 0.5) is 0 Å². The average Bonchev–Trinajstić information content (AvgIpc) is 2.50. The van der Waals surface area contributed by atoms with Gasteiger partial charge in [0.25, 0.3) is 0 Å². The molecule has 5 heteroatoms. The zero-order chi connectivity index (χ0) is 15.9. The van der Waals surface area contributed by atoms with Crippen molar-refractivity contribution in [3.05, 3.63) is 0 Å². The van der Waals surface area contributed by atoms with Gasteiger partial charge in [-0.1, -0.05) is 80.9 Å². The van der Waals surface area contributed by atoms with E-state index in [2.05, 4.69) is 17.0 Å². The highest BCUT2D eigenvalue weighted by Gasteiger charge is 2.15. The van der Waals surface area contributed by atoms with Crippen LogP contribution in [0.1, 0.15) is 71.1 Å². The topological polar surface area (TPSA) is 55.4 Å². The first kappa shape index (κ1) is 20.7. The van der Waals surface area contributed by atoms with E-state index >= 15 is 0 Å². The summed E-state index contributed by atoms with van der Waals surface area (Å²) in [6, 6.07) is 0. The van der Waals surface area contributed by atoms with Gasteiger partial charge in [0.05, 0.1) is 7.11 Å². The second-order valence-corrected chi connectivity index (χ2v) is 6.88. The molecule has 0 aromatic rings. The van der Waals surface area contributed by atoms with Gasteiger partial charge < -0.3 is 10.1 Å². The lowest BCUT2D eigenvalue weighted by atomic mass is 10.1. The second kappa shape index (κ2) is 14.6.